The van der Waals surface area contributed by atoms with Crippen LogP contribution < -0.4 is 4.74 Å². The van der Waals surface area contributed by atoms with Crippen molar-refractivity contribution >= 4 is 11.5 Å². The molecule has 0 saturated heterocycles. The van der Waals surface area contributed by atoms with Crippen LogP contribution in [0.4, 0.5) is 0 Å². The first-order valence-corrected chi connectivity index (χ1v) is 7.22. The highest BCUT2D eigenvalue weighted by molar-refractivity contribution is 6.05. The maximum absolute atomic E-state index is 12.2. The minimum absolute atomic E-state index is 0.0109. The molecule has 0 aliphatic carbocycles. The van der Waals surface area contributed by atoms with Crippen molar-refractivity contribution in [2.75, 3.05) is 13.7 Å². The Bertz CT molecular complexity index is 740. The average Bonchev–Trinajstić information content (AvgIpc) is 2.60. The van der Waals surface area contributed by atoms with E-state index in [0.29, 0.717) is 11.3 Å². The van der Waals surface area contributed by atoms with Crippen molar-refractivity contribution < 1.29 is 14.3 Å². The van der Waals surface area contributed by atoms with Crippen LogP contribution in [0.3, 0.4) is 0 Å². The van der Waals surface area contributed by atoms with Crippen molar-refractivity contribution in [3.63, 3.8) is 0 Å². The van der Waals surface area contributed by atoms with Crippen LogP contribution in [-0.2, 0) is 9.53 Å². The van der Waals surface area contributed by atoms with E-state index in [1.165, 1.54) is 0 Å². The lowest BCUT2D eigenvalue weighted by Crippen LogP contribution is -2.09. The molecule has 2 rings (SSSR count). The van der Waals surface area contributed by atoms with E-state index in [-0.39, 0.29) is 12.2 Å². The molecule has 0 radical (unpaired) electrons. The van der Waals surface area contributed by atoms with Crippen molar-refractivity contribution in [1.29, 1.82) is 5.26 Å². The Morgan fingerprint density at radius 2 is 1.65 bits per heavy atom. The molecule has 0 aliphatic rings. The molecule has 0 aromatic heterocycles. The van der Waals surface area contributed by atoms with E-state index in [2.05, 4.69) is 0 Å². The Kier molecular flexibility index (Phi) is 5.54. The SMILES string of the molecule is CCOC(=O)/C(C#N)=C(\c1ccccc1)c1ccc(OC)cc1. The highest BCUT2D eigenvalue weighted by atomic mass is 16.5. The first-order chi connectivity index (χ1) is 11.2. The molecule has 0 aliphatic heterocycles. The lowest BCUT2D eigenvalue weighted by atomic mass is 9.93. The molecule has 0 saturated carbocycles. The monoisotopic (exact) mass is 307 g/mol. The Morgan fingerprint density at radius 3 is 2.17 bits per heavy atom. The number of hydrogen-bond acceptors (Lipinski definition) is 4. The second-order valence-corrected chi connectivity index (χ2v) is 4.68. The van der Waals surface area contributed by atoms with Gasteiger partial charge in [0, 0.05) is 5.57 Å². The van der Waals surface area contributed by atoms with Crippen molar-refractivity contribution in [3.05, 3.63) is 71.3 Å². The van der Waals surface area contributed by atoms with Crippen LogP contribution in [0.15, 0.2) is 60.2 Å². The highest BCUT2D eigenvalue weighted by Gasteiger charge is 2.19. The molecule has 0 heterocycles. The highest BCUT2D eigenvalue weighted by Crippen LogP contribution is 2.28. The van der Waals surface area contributed by atoms with Gasteiger partial charge in [0.15, 0.2) is 0 Å². The Hall–Kier alpha value is -3.06. The molecule has 116 valence electrons. The van der Waals surface area contributed by atoms with E-state index >= 15 is 0 Å². The van der Waals surface area contributed by atoms with Gasteiger partial charge in [-0.05, 0) is 30.2 Å². The number of carbonyl (C=O) groups excluding carboxylic acids is 1. The fourth-order valence-electron chi connectivity index (χ4n) is 2.22. The van der Waals surface area contributed by atoms with Crippen molar-refractivity contribution in [3.8, 4) is 11.8 Å². The van der Waals surface area contributed by atoms with E-state index in [4.69, 9.17) is 9.47 Å². The molecule has 2 aromatic carbocycles. The topological polar surface area (TPSA) is 59.3 Å². The molecular formula is C19H17NO3. The number of rotatable bonds is 5. The van der Waals surface area contributed by atoms with Crippen LogP contribution in [-0.4, -0.2) is 19.7 Å². The minimum atomic E-state index is -0.621. The molecule has 0 N–H and O–H groups in total. The fourth-order valence-corrected chi connectivity index (χ4v) is 2.22. The number of ether oxygens (including phenoxy) is 2. The van der Waals surface area contributed by atoms with Gasteiger partial charge in [-0.25, -0.2) is 4.79 Å². The summed E-state index contributed by atoms with van der Waals surface area (Å²) in [5, 5.41) is 9.48. The number of nitriles is 1. The molecule has 0 amide bonds. The van der Waals surface area contributed by atoms with E-state index < -0.39 is 5.97 Å². The molecule has 0 unspecified atom stereocenters. The third-order valence-corrected chi connectivity index (χ3v) is 3.28. The number of nitrogens with zero attached hydrogens (tertiary/aromatic N) is 1. The predicted octanol–water partition coefficient (Wildman–Crippen LogP) is 3.58. The van der Waals surface area contributed by atoms with Gasteiger partial charge in [-0.2, -0.15) is 5.26 Å². The second kappa shape index (κ2) is 7.81. The molecule has 0 atom stereocenters. The molecule has 0 bridgehead atoms. The Balaban J connectivity index is 2.64. The summed E-state index contributed by atoms with van der Waals surface area (Å²) in [6.45, 7) is 1.93. The van der Waals surface area contributed by atoms with Crippen LogP contribution in [0.1, 0.15) is 18.1 Å². The van der Waals surface area contributed by atoms with Gasteiger partial charge in [0.1, 0.15) is 17.4 Å². The third kappa shape index (κ3) is 3.78. The zero-order valence-corrected chi connectivity index (χ0v) is 13.1. The summed E-state index contributed by atoms with van der Waals surface area (Å²) in [5.41, 5.74) is 2.07. The van der Waals surface area contributed by atoms with Gasteiger partial charge < -0.3 is 9.47 Å². The molecule has 0 fully saturated rings. The van der Waals surface area contributed by atoms with Crippen LogP contribution in [0.2, 0.25) is 0 Å². The van der Waals surface area contributed by atoms with Gasteiger partial charge in [0.25, 0.3) is 0 Å². The predicted molar refractivity (Wildman–Crippen MR) is 87.7 cm³/mol. The van der Waals surface area contributed by atoms with Crippen molar-refractivity contribution in [2.24, 2.45) is 0 Å². The number of methoxy groups -OCH3 is 1. The van der Waals surface area contributed by atoms with Crippen LogP contribution >= 0.6 is 0 Å². The summed E-state index contributed by atoms with van der Waals surface area (Å²) in [6.07, 6.45) is 0. The maximum atomic E-state index is 12.2. The third-order valence-electron chi connectivity index (χ3n) is 3.28. The average molecular weight is 307 g/mol. The first kappa shape index (κ1) is 16.3. The van der Waals surface area contributed by atoms with Crippen molar-refractivity contribution in [2.45, 2.75) is 6.92 Å². The molecule has 0 spiro atoms. The first-order valence-electron chi connectivity index (χ1n) is 7.22. The van der Waals surface area contributed by atoms with Gasteiger partial charge in [-0.3, -0.25) is 0 Å². The Labute approximate surface area is 135 Å². The summed E-state index contributed by atoms with van der Waals surface area (Å²) >= 11 is 0. The number of carbonyl (C=O) groups is 1. The van der Waals surface area contributed by atoms with E-state index in [9.17, 15) is 10.1 Å². The van der Waals surface area contributed by atoms with Gasteiger partial charge in [-0.1, -0.05) is 42.5 Å². The molecule has 4 nitrogen and oxygen atoms in total. The lowest BCUT2D eigenvalue weighted by molar-refractivity contribution is -0.137. The summed E-state index contributed by atoms with van der Waals surface area (Å²) in [6, 6.07) is 18.5. The van der Waals surface area contributed by atoms with Crippen LogP contribution in [0.5, 0.6) is 5.75 Å². The summed E-state index contributed by atoms with van der Waals surface area (Å²) in [5.74, 6) is 0.0838. The Morgan fingerprint density at radius 1 is 1.04 bits per heavy atom. The molecule has 2 aromatic rings. The zero-order chi connectivity index (χ0) is 16.7. The van der Waals surface area contributed by atoms with Crippen LogP contribution in [0.25, 0.3) is 5.57 Å². The summed E-state index contributed by atoms with van der Waals surface area (Å²) < 4.78 is 10.2. The number of benzene rings is 2. The van der Waals surface area contributed by atoms with Gasteiger partial charge >= 0.3 is 5.97 Å². The standard InChI is InChI=1S/C19H17NO3/c1-3-23-19(21)17(13-20)18(14-7-5-4-6-8-14)15-9-11-16(22-2)12-10-15/h4-12H,3H2,1-2H3/b18-17+. The van der Waals surface area contributed by atoms with E-state index in [0.717, 1.165) is 11.1 Å². The van der Waals surface area contributed by atoms with Crippen molar-refractivity contribution in [1.82, 2.24) is 0 Å². The minimum Gasteiger partial charge on any atom is -0.497 e. The fraction of sp³-hybridized carbons (Fsp3) is 0.158. The smallest absolute Gasteiger partial charge is 0.349 e. The van der Waals surface area contributed by atoms with Gasteiger partial charge in [0.2, 0.25) is 0 Å². The number of hydrogen-bond donors (Lipinski definition) is 0. The summed E-state index contributed by atoms with van der Waals surface area (Å²) in [7, 11) is 1.59. The van der Waals surface area contributed by atoms with E-state index in [1.54, 1.807) is 26.2 Å². The molecular weight excluding hydrogens is 290 g/mol. The quantitative estimate of drug-likeness (QED) is 0.481. The van der Waals surface area contributed by atoms with E-state index in [1.807, 2.05) is 48.5 Å². The lowest BCUT2D eigenvalue weighted by Gasteiger charge is -2.12. The maximum Gasteiger partial charge on any atom is 0.349 e. The second-order valence-electron chi connectivity index (χ2n) is 4.68. The van der Waals surface area contributed by atoms with Crippen LogP contribution in [0, 0.1) is 11.3 Å². The van der Waals surface area contributed by atoms with Gasteiger partial charge in [0.05, 0.1) is 13.7 Å². The largest absolute Gasteiger partial charge is 0.497 e. The van der Waals surface area contributed by atoms with Gasteiger partial charge in [-0.15, -0.1) is 0 Å². The zero-order valence-electron chi connectivity index (χ0n) is 13.1. The number of esters is 1. The summed E-state index contributed by atoms with van der Waals surface area (Å²) in [4.78, 5) is 12.2. The normalized spacial score (nSPS) is 11.2. The molecule has 4 heteroatoms. The molecule has 23 heavy (non-hydrogen) atoms.